The van der Waals surface area contributed by atoms with E-state index < -0.39 is 11.7 Å². The first-order valence-corrected chi connectivity index (χ1v) is 10.9. The molecule has 174 valence electrons. The summed E-state index contributed by atoms with van der Waals surface area (Å²) in [5.74, 6) is 0.417. The molecule has 0 aliphatic rings. The number of halogens is 3. The molecule has 2 heterocycles. The second-order valence-electron chi connectivity index (χ2n) is 7.96. The number of ketones is 1. The first kappa shape index (κ1) is 22.4. The molecule has 5 aromatic rings. The number of hydrogen-bond acceptors (Lipinski definition) is 4. The molecule has 0 saturated carbocycles. The van der Waals surface area contributed by atoms with Gasteiger partial charge in [-0.15, -0.1) is 0 Å². The predicted molar refractivity (Wildman–Crippen MR) is 128 cm³/mol. The molecule has 0 atom stereocenters. The Bertz CT molecular complexity index is 1490. The standard InChI is InChI=1S/C28H19F3N2O2/c29-28(30,31)24-13-5-12-22-25(19-9-4-10-20(15-19)32-16-21-11-6-14-35-21)23(17-33-26(22)24)27(34)18-7-2-1-3-8-18/h1-15,17,32H,16H2. The predicted octanol–water partition coefficient (Wildman–Crippen LogP) is 7.36. The molecule has 4 nitrogen and oxygen atoms in total. The molecule has 0 spiro atoms. The Kier molecular flexibility index (Phi) is 5.82. The molecular formula is C28H19F3N2O2. The zero-order chi connectivity index (χ0) is 24.4. The summed E-state index contributed by atoms with van der Waals surface area (Å²) in [6.45, 7) is 0.432. The van der Waals surface area contributed by atoms with E-state index >= 15 is 0 Å². The van der Waals surface area contributed by atoms with Crippen LogP contribution in [0.15, 0.2) is 102 Å². The van der Waals surface area contributed by atoms with Gasteiger partial charge in [0.05, 0.1) is 23.9 Å². The number of anilines is 1. The van der Waals surface area contributed by atoms with Crippen LogP contribution in [0.1, 0.15) is 27.2 Å². The van der Waals surface area contributed by atoms with E-state index in [0.717, 1.165) is 17.5 Å². The highest BCUT2D eigenvalue weighted by Gasteiger charge is 2.34. The van der Waals surface area contributed by atoms with Gasteiger partial charge in [0.2, 0.25) is 0 Å². The van der Waals surface area contributed by atoms with Crippen molar-refractivity contribution in [2.75, 3.05) is 5.32 Å². The van der Waals surface area contributed by atoms with E-state index in [4.69, 9.17) is 4.42 Å². The summed E-state index contributed by atoms with van der Waals surface area (Å²) in [5, 5.41) is 3.50. The Morgan fingerprint density at radius 1 is 0.914 bits per heavy atom. The van der Waals surface area contributed by atoms with E-state index in [2.05, 4.69) is 10.3 Å². The summed E-state index contributed by atoms with van der Waals surface area (Å²) in [4.78, 5) is 17.5. The van der Waals surface area contributed by atoms with Crippen molar-refractivity contribution in [1.29, 1.82) is 0 Å². The van der Waals surface area contributed by atoms with Crippen LogP contribution in [0, 0.1) is 0 Å². The van der Waals surface area contributed by atoms with Gasteiger partial charge in [0.25, 0.3) is 0 Å². The highest BCUT2D eigenvalue weighted by molar-refractivity contribution is 6.16. The molecule has 0 saturated heterocycles. The topological polar surface area (TPSA) is 55.1 Å². The van der Waals surface area contributed by atoms with Gasteiger partial charge in [-0.3, -0.25) is 9.78 Å². The van der Waals surface area contributed by atoms with Crippen LogP contribution in [0.4, 0.5) is 18.9 Å². The number of furan rings is 1. The number of fused-ring (bicyclic) bond motifs is 1. The number of nitrogens with one attached hydrogen (secondary N) is 1. The van der Waals surface area contributed by atoms with E-state index in [1.54, 1.807) is 66.9 Å². The normalized spacial score (nSPS) is 11.5. The van der Waals surface area contributed by atoms with Gasteiger partial charge in [0.15, 0.2) is 5.78 Å². The zero-order valence-corrected chi connectivity index (χ0v) is 18.3. The lowest BCUT2D eigenvalue weighted by atomic mass is 9.91. The fourth-order valence-electron chi connectivity index (χ4n) is 4.07. The number of pyridine rings is 1. The van der Waals surface area contributed by atoms with Crippen LogP contribution in [0.2, 0.25) is 0 Å². The zero-order valence-electron chi connectivity index (χ0n) is 18.3. The van der Waals surface area contributed by atoms with Crippen molar-refractivity contribution in [3.63, 3.8) is 0 Å². The molecule has 5 rings (SSSR count). The molecule has 35 heavy (non-hydrogen) atoms. The molecule has 0 fully saturated rings. The molecule has 0 radical (unpaired) electrons. The first-order chi connectivity index (χ1) is 16.9. The second kappa shape index (κ2) is 9.10. The Labute approximate surface area is 199 Å². The van der Waals surface area contributed by atoms with Crippen LogP contribution in [0.3, 0.4) is 0 Å². The van der Waals surface area contributed by atoms with Crippen molar-refractivity contribution in [1.82, 2.24) is 4.98 Å². The van der Waals surface area contributed by atoms with Gasteiger partial charge < -0.3 is 9.73 Å². The monoisotopic (exact) mass is 472 g/mol. The minimum atomic E-state index is -4.58. The first-order valence-electron chi connectivity index (χ1n) is 10.9. The molecular weight excluding hydrogens is 453 g/mol. The second-order valence-corrected chi connectivity index (χ2v) is 7.96. The molecule has 0 amide bonds. The molecule has 0 aliphatic carbocycles. The van der Waals surface area contributed by atoms with Gasteiger partial charge >= 0.3 is 6.18 Å². The Hall–Kier alpha value is -4.39. The number of nitrogens with zero attached hydrogens (tertiary/aromatic N) is 1. The van der Waals surface area contributed by atoms with Crippen molar-refractivity contribution in [3.8, 4) is 11.1 Å². The van der Waals surface area contributed by atoms with Gasteiger partial charge in [-0.2, -0.15) is 13.2 Å². The molecule has 7 heteroatoms. The number of carbonyl (C=O) groups excluding carboxylic acids is 1. The number of hydrogen-bond donors (Lipinski definition) is 1. The summed E-state index contributed by atoms with van der Waals surface area (Å²) >= 11 is 0. The average Bonchev–Trinajstić information content (AvgIpc) is 3.40. The van der Waals surface area contributed by atoms with Gasteiger partial charge in [-0.1, -0.05) is 54.6 Å². The number of rotatable bonds is 6. The lowest BCUT2D eigenvalue weighted by molar-refractivity contribution is -0.136. The van der Waals surface area contributed by atoms with Crippen molar-refractivity contribution in [2.45, 2.75) is 12.7 Å². The molecule has 2 aromatic heterocycles. The molecule has 0 bridgehead atoms. The smallest absolute Gasteiger partial charge is 0.418 e. The van der Waals surface area contributed by atoms with Gasteiger partial charge in [0, 0.05) is 34.0 Å². The summed E-state index contributed by atoms with van der Waals surface area (Å²) in [7, 11) is 0. The molecule has 0 unspecified atom stereocenters. The maximum Gasteiger partial charge on any atom is 0.418 e. The van der Waals surface area contributed by atoms with E-state index in [-0.39, 0.29) is 22.2 Å². The van der Waals surface area contributed by atoms with Crippen LogP contribution in [-0.4, -0.2) is 10.8 Å². The SMILES string of the molecule is O=C(c1ccccc1)c1cnc2c(C(F)(F)F)cccc2c1-c1cccc(NCc2ccco2)c1. The molecule has 1 N–H and O–H groups in total. The number of alkyl halides is 3. The van der Waals surface area contributed by atoms with Crippen LogP contribution in [0.25, 0.3) is 22.0 Å². The summed E-state index contributed by atoms with van der Waals surface area (Å²) < 4.78 is 46.6. The Morgan fingerprint density at radius 2 is 1.71 bits per heavy atom. The maximum absolute atomic E-state index is 13.7. The summed E-state index contributed by atoms with van der Waals surface area (Å²) in [5.41, 5.74) is 1.34. The van der Waals surface area contributed by atoms with Crippen molar-refractivity contribution in [2.24, 2.45) is 0 Å². The minimum absolute atomic E-state index is 0.200. The fourth-order valence-corrected chi connectivity index (χ4v) is 4.07. The number of para-hydroxylation sites is 1. The van der Waals surface area contributed by atoms with Crippen LogP contribution >= 0.6 is 0 Å². The maximum atomic E-state index is 13.7. The third kappa shape index (κ3) is 4.53. The lowest BCUT2D eigenvalue weighted by Crippen LogP contribution is -2.09. The van der Waals surface area contributed by atoms with E-state index in [0.29, 0.717) is 23.2 Å². The Balaban J connectivity index is 1.68. The van der Waals surface area contributed by atoms with Crippen LogP contribution < -0.4 is 5.32 Å². The number of carbonyl (C=O) groups is 1. The van der Waals surface area contributed by atoms with Gasteiger partial charge in [-0.25, -0.2) is 0 Å². The largest absolute Gasteiger partial charge is 0.467 e. The summed E-state index contributed by atoms with van der Waals surface area (Å²) in [6, 6.07) is 23.3. The van der Waals surface area contributed by atoms with Crippen molar-refractivity contribution < 1.29 is 22.4 Å². The van der Waals surface area contributed by atoms with E-state index in [1.165, 1.54) is 12.3 Å². The summed E-state index contributed by atoms with van der Waals surface area (Å²) in [6.07, 6.45) is -1.76. The lowest BCUT2D eigenvalue weighted by Gasteiger charge is -2.16. The van der Waals surface area contributed by atoms with Gasteiger partial charge in [0.1, 0.15) is 5.76 Å². The highest BCUT2D eigenvalue weighted by Crippen LogP contribution is 2.39. The third-order valence-corrected chi connectivity index (χ3v) is 5.68. The molecule has 3 aromatic carbocycles. The third-order valence-electron chi connectivity index (χ3n) is 5.68. The fraction of sp³-hybridized carbons (Fsp3) is 0.0714. The number of benzene rings is 3. The quantitative estimate of drug-likeness (QED) is 0.262. The minimum Gasteiger partial charge on any atom is -0.467 e. The molecule has 0 aliphatic heterocycles. The van der Waals surface area contributed by atoms with E-state index in [9.17, 15) is 18.0 Å². The Morgan fingerprint density at radius 3 is 2.46 bits per heavy atom. The van der Waals surface area contributed by atoms with Crippen LogP contribution in [0.5, 0.6) is 0 Å². The highest BCUT2D eigenvalue weighted by atomic mass is 19.4. The van der Waals surface area contributed by atoms with Crippen molar-refractivity contribution >= 4 is 22.4 Å². The number of aromatic nitrogens is 1. The average molecular weight is 472 g/mol. The van der Waals surface area contributed by atoms with Crippen molar-refractivity contribution in [3.05, 3.63) is 120 Å². The van der Waals surface area contributed by atoms with Gasteiger partial charge in [-0.05, 0) is 35.9 Å². The van der Waals surface area contributed by atoms with E-state index in [1.807, 2.05) is 12.1 Å². The van der Waals surface area contributed by atoms with Crippen LogP contribution in [-0.2, 0) is 12.7 Å².